The minimum absolute atomic E-state index is 0. The summed E-state index contributed by atoms with van der Waals surface area (Å²) in [6, 6.07) is 17.7. The lowest BCUT2D eigenvalue weighted by molar-refractivity contribution is 0.198. The van der Waals surface area contributed by atoms with Crippen LogP contribution in [0.5, 0.6) is 0 Å². The number of nitrogens with zero attached hydrogens (tertiary/aromatic N) is 2. The Balaban J connectivity index is 0.00000272. The molecule has 1 aliphatic rings. The summed E-state index contributed by atoms with van der Waals surface area (Å²) in [6.07, 6.45) is 5.40. The van der Waals surface area contributed by atoms with Crippen LogP contribution in [0.25, 0.3) is 10.9 Å². The highest BCUT2D eigenvalue weighted by Crippen LogP contribution is 2.21. The highest BCUT2D eigenvalue weighted by Gasteiger charge is 2.20. The number of aromatic amines is 1. The van der Waals surface area contributed by atoms with Crippen molar-refractivity contribution in [2.75, 3.05) is 26.7 Å². The van der Waals surface area contributed by atoms with Gasteiger partial charge in [0.05, 0.1) is 0 Å². The van der Waals surface area contributed by atoms with Gasteiger partial charge in [-0.2, -0.15) is 0 Å². The van der Waals surface area contributed by atoms with Gasteiger partial charge in [0.15, 0.2) is 5.96 Å². The van der Waals surface area contributed by atoms with Gasteiger partial charge in [0.2, 0.25) is 0 Å². The SMILES string of the molecule is CN=C(NCCc1c[nH]c2c(C)cccc12)NC1CCN(Cc2ccccc2)CC1.I. The van der Waals surface area contributed by atoms with Crippen LogP contribution in [0.2, 0.25) is 0 Å². The Morgan fingerprint density at radius 3 is 2.61 bits per heavy atom. The fourth-order valence-corrected chi connectivity index (χ4v) is 4.35. The average molecular weight is 531 g/mol. The number of piperidine rings is 1. The van der Waals surface area contributed by atoms with Gasteiger partial charge in [0.25, 0.3) is 0 Å². The molecule has 2 heterocycles. The van der Waals surface area contributed by atoms with Gasteiger partial charge in [0.1, 0.15) is 0 Å². The number of likely N-dealkylation sites (tertiary alicyclic amines) is 1. The van der Waals surface area contributed by atoms with E-state index in [1.807, 2.05) is 7.05 Å². The molecule has 1 saturated heterocycles. The Hall–Kier alpha value is -2.06. The summed E-state index contributed by atoms with van der Waals surface area (Å²) in [4.78, 5) is 10.4. The maximum Gasteiger partial charge on any atom is 0.191 e. The second-order valence-corrected chi connectivity index (χ2v) is 8.24. The smallest absolute Gasteiger partial charge is 0.191 e. The van der Waals surface area contributed by atoms with Gasteiger partial charge >= 0.3 is 0 Å². The van der Waals surface area contributed by atoms with Gasteiger partial charge in [-0.3, -0.25) is 9.89 Å². The van der Waals surface area contributed by atoms with E-state index in [4.69, 9.17) is 0 Å². The maximum absolute atomic E-state index is 4.44. The van der Waals surface area contributed by atoms with Gasteiger partial charge in [0, 0.05) is 56.4 Å². The van der Waals surface area contributed by atoms with Crippen LogP contribution in [0, 0.1) is 6.92 Å². The Morgan fingerprint density at radius 2 is 1.87 bits per heavy atom. The van der Waals surface area contributed by atoms with E-state index < -0.39 is 0 Å². The van der Waals surface area contributed by atoms with E-state index >= 15 is 0 Å². The zero-order chi connectivity index (χ0) is 20.8. The van der Waals surface area contributed by atoms with Crippen LogP contribution in [-0.2, 0) is 13.0 Å². The lowest BCUT2D eigenvalue weighted by Gasteiger charge is -2.33. The van der Waals surface area contributed by atoms with Crippen LogP contribution in [0.1, 0.15) is 29.5 Å². The van der Waals surface area contributed by atoms with E-state index in [9.17, 15) is 0 Å². The number of aromatic nitrogens is 1. The van der Waals surface area contributed by atoms with E-state index in [1.165, 1.54) is 27.6 Å². The molecular formula is C25H34IN5. The van der Waals surface area contributed by atoms with Crippen molar-refractivity contribution in [3.8, 4) is 0 Å². The monoisotopic (exact) mass is 531 g/mol. The lowest BCUT2D eigenvalue weighted by Crippen LogP contribution is -2.48. The van der Waals surface area contributed by atoms with E-state index in [-0.39, 0.29) is 24.0 Å². The number of hydrogen-bond donors (Lipinski definition) is 3. The molecule has 166 valence electrons. The third kappa shape index (κ3) is 6.23. The average Bonchev–Trinajstić information content (AvgIpc) is 3.19. The summed E-state index contributed by atoms with van der Waals surface area (Å²) < 4.78 is 0. The van der Waals surface area contributed by atoms with E-state index in [2.05, 4.69) is 87.2 Å². The second-order valence-electron chi connectivity index (χ2n) is 8.24. The number of aryl methyl sites for hydroxylation is 1. The van der Waals surface area contributed by atoms with Crippen LogP contribution in [0.3, 0.4) is 0 Å². The molecule has 2 aromatic carbocycles. The van der Waals surface area contributed by atoms with Crippen LogP contribution in [0.15, 0.2) is 59.7 Å². The van der Waals surface area contributed by atoms with Crippen LogP contribution in [-0.4, -0.2) is 48.6 Å². The Kier molecular flexibility index (Phi) is 8.78. The quantitative estimate of drug-likeness (QED) is 0.250. The van der Waals surface area contributed by atoms with E-state index in [1.54, 1.807) is 0 Å². The molecule has 0 spiro atoms. The van der Waals surface area contributed by atoms with Crippen molar-refractivity contribution in [1.82, 2.24) is 20.5 Å². The zero-order valence-corrected chi connectivity index (χ0v) is 20.9. The topological polar surface area (TPSA) is 55.5 Å². The molecule has 0 aliphatic carbocycles. The van der Waals surface area contributed by atoms with Gasteiger partial charge in [-0.05, 0) is 42.9 Å². The summed E-state index contributed by atoms with van der Waals surface area (Å²) in [5.41, 5.74) is 5.29. The first-order valence-electron chi connectivity index (χ1n) is 11.0. The molecule has 1 aliphatic heterocycles. The normalized spacial score (nSPS) is 15.6. The molecule has 31 heavy (non-hydrogen) atoms. The van der Waals surface area contributed by atoms with Crippen LogP contribution < -0.4 is 10.6 Å². The molecule has 1 aromatic heterocycles. The fraction of sp³-hybridized carbons (Fsp3) is 0.400. The number of halogens is 1. The molecule has 5 nitrogen and oxygen atoms in total. The molecule has 0 amide bonds. The second kappa shape index (κ2) is 11.5. The Labute approximate surface area is 202 Å². The van der Waals surface area contributed by atoms with Crippen LogP contribution >= 0.6 is 24.0 Å². The molecule has 3 aromatic rings. The third-order valence-electron chi connectivity index (χ3n) is 6.10. The number of guanidine groups is 1. The fourth-order valence-electron chi connectivity index (χ4n) is 4.35. The van der Waals surface area contributed by atoms with Gasteiger partial charge in [-0.25, -0.2) is 0 Å². The predicted molar refractivity (Wildman–Crippen MR) is 141 cm³/mol. The number of H-pyrrole nitrogens is 1. The number of benzene rings is 2. The number of nitrogens with one attached hydrogen (secondary N) is 3. The maximum atomic E-state index is 4.44. The van der Waals surface area contributed by atoms with Crippen molar-refractivity contribution in [1.29, 1.82) is 0 Å². The summed E-state index contributed by atoms with van der Waals surface area (Å²) in [5.74, 6) is 0.910. The molecular weight excluding hydrogens is 497 g/mol. The standard InChI is InChI=1S/C25H33N5.HI/c1-19-7-6-10-23-21(17-28-24(19)23)11-14-27-25(26-2)29-22-12-15-30(16-13-22)18-20-8-4-3-5-9-20;/h3-10,17,22,28H,11-16,18H2,1-2H3,(H2,26,27,29);1H. The van der Waals surface area contributed by atoms with Gasteiger partial charge in [-0.1, -0.05) is 48.5 Å². The first-order chi connectivity index (χ1) is 14.7. The third-order valence-corrected chi connectivity index (χ3v) is 6.10. The molecule has 0 saturated carbocycles. The van der Waals surface area contributed by atoms with Gasteiger partial charge in [-0.15, -0.1) is 24.0 Å². The number of fused-ring (bicyclic) bond motifs is 1. The van der Waals surface area contributed by atoms with E-state index in [0.717, 1.165) is 51.4 Å². The zero-order valence-electron chi connectivity index (χ0n) is 18.5. The number of rotatable bonds is 6. The minimum Gasteiger partial charge on any atom is -0.361 e. The predicted octanol–water partition coefficient (Wildman–Crippen LogP) is 4.47. The van der Waals surface area contributed by atoms with Crippen molar-refractivity contribution in [2.24, 2.45) is 4.99 Å². The molecule has 0 unspecified atom stereocenters. The lowest BCUT2D eigenvalue weighted by atomic mass is 10.0. The molecule has 3 N–H and O–H groups in total. The summed E-state index contributed by atoms with van der Waals surface area (Å²) in [5, 5.41) is 8.44. The molecule has 1 fully saturated rings. The van der Waals surface area contributed by atoms with E-state index in [0.29, 0.717) is 6.04 Å². The summed E-state index contributed by atoms with van der Waals surface area (Å²) in [6.45, 7) is 6.31. The molecule has 0 bridgehead atoms. The van der Waals surface area contributed by atoms with Crippen molar-refractivity contribution < 1.29 is 0 Å². The first kappa shape index (κ1) is 23.6. The van der Waals surface area contributed by atoms with Crippen molar-refractivity contribution in [3.63, 3.8) is 0 Å². The van der Waals surface area contributed by atoms with Gasteiger partial charge < -0.3 is 15.6 Å². The number of para-hydroxylation sites is 1. The first-order valence-corrected chi connectivity index (χ1v) is 11.0. The molecule has 4 rings (SSSR count). The highest BCUT2D eigenvalue weighted by molar-refractivity contribution is 14.0. The molecule has 6 heteroatoms. The van der Waals surface area contributed by atoms with Crippen molar-refractivity contribution in [3.05, 3.63) is 71.4 Å². The summed E-state index contributed by atoms with van der Waals surface area (Å²) in [7, 11) is 1.86. The van der Waals surface area contributed by atoms with Crippen LogP contribution in [0.4, 0.5) is 0 Å². The Morgan fingerprint density at radius 1 is 1.10 bits per heavy atom. The Bertz CT molecular complexity index is 974. The van der Waals surface area contributed by atoms with Crippen molar-refractivity contribution >= 4 is 40.8 Å². The van der Waals surface area contributed by atoms with Crippen molar-refractivity contribution in [2.45, 2.75) is 38.8 Å². The number of hydrogen-bond acceptors (Lipinski definition) is 2. The summed E-state index contributed by atoms with van der Waals surface area (Å²) >= 11 is 0. The molecule has 0 atom stereocenters. The minimum atomic E-state index is 0. The molecule has 0 radical (unpaired) electrons. The highest BCUT2D eigenvalue weighted by atomic mass is 127. The largest absolute Gasteiger partial charge is 0.361 e. The number of aliphatic imine (C=N–C) groups is 1.